The van der Waals surface area contributed by atoms with Gasteiger partial charge >= 0.3 is 0 Å². The summed E-state index contributed by atoms with van der Waals surface area (Å²) in [5.41, 5.74) is 7.45. The molecule has 0 aromatic heterocycles. The van der Waals surface area contributed by atoms with Crippen LogP contribution in [-0.4, -0.2) is 30.1 Å². The van der Waals surface area contributed by atoms with Crippen molar-refractivity contribution in [2.75, 3.05) is 18.1 Å². The number of aliphatic hydroxyl groups excluding tert-OH is 1. The number of nitrogens with two attached hydrogens (primary N) is 1. The summed E-state index contributed by atoms with van der Waals surface area (Å²) in [6, 6.07) is 6.32. The monoisotopic (exact) mass is 325 g/mol. The molecule has 0 bridgehead atoms. The number of amidine groups is 1. The minimum Gasteiger partial charge on any atom is -0.396 e. The highest BCUT2D eigenvalue weighted by Gasteiger charge is 2.26. The largest absolute Gasteiger partial charge is 0.396 e. The molecule has 1 fully saturated rings. The van der Waals surface area contributed by atoms with Crippen molar-refractivity contribution in [3.8, 4) is 0 Å². The van der Waals surface area contributed by atoms with E-state index in [0.717, 1.165) is 28.7 Å². The van der Waals surface area contributed by atoms with Crippen molar-refractivity contribution in [3.63, 3.8) is 0 Å². The van der Waals surface area contributed by atoms with Gasteiger partial charge in [-0.1, -0.05) is 15.9 Å². The van der Waals surface area contributed by atoms with Crippen LogP contribution in [0.4, 0.5) is 5.69 Å². The molecule has 2 rings (SSSR count). The second-order valence-corrected chi connectivity index (χ2v) is 5.85. The van der Waals surface area contributed by atoms with Crippen LogP contribution in [-0.2, 0) is 0 Å². The molecule has 1 aliphatic carbocycles. The maximum absolute atomic E-state index is 9.06. The lowest BCUT2D eigenvalue weighted by atomic mass is 9.90. The van der Waals surface area contributed by atoms with Crippen LogP contribution in [0.1, 0.15) is 31.2 Å². The van der Waals surface area contributed by atoms with E-state index in [-0.39, 0.29) is 12.4 Å². The molecular formula is C14H20BrN3O. The van der Waals surface area contributed by atoms with Gasteiger partial charge in [0.1, 0.15) is 5.84 Å². The standard InChI is InChI=1S/C14H20BrN3O/c15-10-5-6-12(14(16)17)13(9-10)18(7-2-8-19)11-3-1-4-11/h5-6,9,11,19H,1-4,7-8H2,(H3,16,17). The Kier molecular flexibility index (Phi) is 4.82. The Morgan fingerprint density at radius 1 is 1.47 bits per heavy atom. The van der Waals surface area contributed by atoms with E-state index in [2.05, 4.69) is 20.8 Å². The van der Waals surface area contributed by atoms with Gasteiger partial charge in [-0.2, -0.15) is 0 Å². The summed E-state index contributed by atoms with van der Waals surface area (Å²) in [7, 11) is 0. The number of hydrogen-bond donors (Lipinski definition) is 3. The van der Waals surface area contributed by atoms with E-state index in [9.17, 15) is 0 Å². The molecule has 4 nitrogen and oxygen atoms in total. The number of nitrogen functional groups attached to an aromatic ring is 1. The first-order valence-electron chi connectivity index (χ1n) is 6.65. The van der Waals surface area contributed by atoms with Crippen molar-refractivity contribution in [1.82, 2.24) is 0 Å². The lowest BCUT2D eigenvalue weighted by Crippen LogP contribution is -2.42. The number of hydrogen-bond acceptors (Lipinski definition) is 3. The molecule has 19 heavy (non-hydrogen) atoms. The van der Waals surface area contributed by atoms with Crippen molar-refractivity contribution in [1.29, 1.82) is 5.41 Å². The van der Waals surface area contributed by atoms with E-state index < -0.39 is 0 Å². The van der Waals surface area contributed by atoms with Crippen LogP contribution in [0.2, 0.25) is 0 Å². The van der Waals surface area contributed by atoms with Crippen LogP contribution < -0.4 is 10.6 Å². The third kappa shape index (κ3) is 3.28. The number of anilines is 1. The van der Waals surface area contributed by atoms with Gasteiger partial charge in [0.05, 0.1) is 0 Å². The molecule has 1 saturated carbocycles. The summed E-state index contributed by atoms with van der Waals surface area (Å²) in [6.07, 6.45) is 4.34. The second kappa shape index (κ2) is 6.39. The molecule has 4 N–H and O–H groups in total. The third-order valence-corrected chi connectivity index (χ3v) is 4.13. The van der Waals surface area contributed by atoms with Crippen molar-refractivity contribution >= 4 is 27.5 Å². The molecule has 0 aliphatic heterocycles. The molecule has 0 amide bonds. The second-order valence-electron chi connectivity index (χ2n) is 4.93. The molecule has 0 atom stereocenters. The fourth-order valence-electron chi connectivity index (χ4n) is 2.41. The highest BCUT2D eigenvalue weighted by molar-refractivity contribution is 9.10. The highest BCUT2D eigenvalue weighted by Crippen LogP contribution is 2.33. The summed E-state index contributed by atoms with van der Waals surface area (Å²) in [4.78, 5) is 2.29. The quantitative estimate of drug-likeness (QED) is 0.555. The molecule has 0 spiro atoms. The van der Waals surface area contributed by atoms with Gasteiger partial charge in [-0.15, -0.1) is 0 Å². The summed E-state index contributed by atoms with van der Waals surface area (Å²) >= 11 is 3.48. The van der Waals surface area contributed by atoms with E-state index in [1.807, 2.05) is 18.2 Å². The molecule has 104 valence electrons. The average Bonchev–Trinajstić information content (AvgIpc) is 2.31. The zero-order chi connectivity index (χ0) is 13.8. The summed E-state index contributed by atoms with van der Waals surface area (Å²) < 4.78 is 0.987. The Morgan fingerprint density at radius 2 is 2.21 bits per heavy atom. The summed E-state index contributed by atoms with van der Waals surface area (Å²) in [5, 5.41) is 16.8. The number of halogens is 1. The Morgan fingerprint density at radius 3 is 2.74 bits per heavy atom. The van der Waals surface area contributed by atoms with Crippen LogP contribution >= 0.6 is 15.9 Å². The first kappa shape index (κ1) is 14.3. The maximum Gasteiger partial charge on any atom is 0.124 e. The van der Waals surface area contributed by atoms with Gasteiger partial charge < -0.3 is 15.7 Å². The number of benzene rings is 1. The minimum atomic E-state index is 0.0934. The Labute approximate surface area is 122 Å². The predicted molar refractivity (Wildman–Crippen MR) is 81.8 cm³/mol. The SMILES string of the molecule is N=C(N)c1ccc(Br)cc1N(CCCO)C1CCC1. The van der Waals surface area contributed by atoms with Gasteiger partial charge in [0.25, 0.3) is 0 Å². The van der Waals surface area contributed by atoms with Gasteiger partial charge in [0.2, 0.25) is 0 Å². The highest BCUT2D eigenvalue weighted by atomic mass is 79.9. The average molecular weight is 326 g/mol. The van der Waals surface area contributed by atoms with E-state index in [1.54, 1.807) is 0 Å². The van der Waals surface area contributed by atoms with E-state index in [0.29, 0.717) is 6.04 Å². The van der Waals surface area contributed by atoms with Crippen molar-refractivity contribution in [2.45, 2.75) is 31.7 Å². The summed E-state index contributed by atoms with van der Waals surface area (Å²) in [6.45, 7) is 0.991. The zero-order valence-electron chi connectivity index (χ0n) is 10.9. The van der Waals surface area contributed by atoms with Gasteiger partial charge in [-0.25, -0.2) is 0 Å². The Bertz CT molecular complexity index is 460. The lowest BCUT2D eigenvalue weighted by molar-refractivity contribution is 0.283. The van der Waals surface area contributed by atoms with Crippen LogP contribution in [0.15, 0.2) is 22.7 Å². The molecule has 1 aliphatic rings. The van der Waals surface area contributed by atoms with Crippen molar-refractivity contribution < 1.29 is 5.11 Å². The predicted octanol–water partition coefficient (Wildman–Crippen LogP) is 2.47. The van der Waals surface area contributed by atoms with Crippen LogP contribution in [0, 0.1) is 5.41 Å². The first-order chi connectivity index (χ1) is 9.13. The van der Waals surface area contributed by atoms with Gasteiger partial charge in [0.15, 0.2) is 0 Å². The number of aliphatic hydroxyl groups is 1. The molecule has 0 saturated heterocycles. The lowest BCUT2D eigenvalue weighted by Gasteiger charge is -2.40. The molecule has 0 radical (unpaired) electrons. The molecule has 0 heterocycles. The molecule has 1 aromatic rings. The summed E-state index contributed by atoms with van der Waals surface area (Å²) in [5.74, 6) is 0.0934. The van der Waals surface area contributed by atoms with Crippen LogP contribution in [0.5, 0.6) is 0 Å². The van der Waals surface area contributed by atoms with E-state index in [4.69, 9.17) is 16.2 Å². The fraction of sp³-hybridized carbons (Fsp3) is 0.500. The molecule has 1 aromatic carbocycles. The molecule has 5 heteroatoms. The van der Waals surface area contributed by atoms with Crippen LogP contribution in [0.3, 0.4) is 0 Å². The normalized spacial score (nSPS) is 15.1. The van der Waals surface area contributed by atoms with Gasteiger partial charge in [0, 0.05) is 34.9 Å². The molecule has 0 unspecified atom stereocenters. The smallest absolute Gasteiger partial charge is 0.124 e. The topological polar surface area (TPSA) is 73.3 Å². The number of nitrogens with zero attached hydrogens (tertiary/aromatic N) is 1. The molecular weight excluding hydrogens is 306 g/mol. The minimum absolute atomic E-state index is 0.0934. The van der Waals surface area contributed by atoms with E-state index in [1.165, 1.54) is 19.3 Å². The van der Waals surface area contributed by atoms with Crippen molar-refractivity contribution in [2.24, 2.45) is 5.73 Å². The Balaban J connectivity index is 2.33. The van der Waals surface area contributed by atoms with Crippen LogP contribution in [0.25, 0.3) is 0 Å². The van der Waals surface area contributed by atoms with Gasteiger partial charge in [-0.05, 0) is 43.9 Å². The number of rotatable bonds is 6. The fourth-order valence-corrected chi connectivity index (χ4v) is 2.76. The third-order valence-electron chi connectivity index (χ3n) is 3.63. The van der Waals surface area contributed by atoms with E-state index >= 15 is 0 Å². The van der Waals surface area contributed by atoms with Gasteiger partial charge in [-0.3, -0.25) is 5.41 Å². The first-order valence-corrected chi connectivity index (χ1v) is 7.44. The Hall–Kier alpha value is -1.07. The van der Waals surface area contributed by atoms with Crippen molar-refractivity contribution in [3.05, 3.63) is 28.2 Å². The zero-order valence-corrected chi connectivity index (χ0v) is 12.5. The maximum atomic E-state index is 9.06. The number of nitrogens with one attached hydrogen (secondary N) is 1.